The second-order valence-corrected chi connectivity index (χ2v) is 4.15. The van der Waals surface area contributed by atoms with Crippen LogP contribution in [-0.2, 0) is 7.05 Å². The Morgan fingerprint density at radius 1 is 1.44 bits per heavy atom. The van der Waals surface area contributed by atoms with Gasteiger partial charge in [0.15, 0.2) is 5.75 Å². The van der Waals surface area contributed by atoms with Crippen LogP contribution in [0.1, 0.15) is 22.9 Å². The van der Waals surface area contributed by atoms with Gasteiger partial charge in [-0.1, -0.05) is 17.7 Å². The molecule has 0 radical (unpaired) electrons. The molecule has 1 atom stereocenters. The van der Waals surface area contributed by atoms with Crippen molar-refractivity contribution in [1.29, 1.82) is 0 Å². The van der Waals surface area contributed by atoms with E-state index in [1.54, 1.807) is 19.2 Å². The molecule has 0 saturated carbocycles. The second-order valence-electron chi connectivity index (χ2n) is 4.15. The molecule has 0 aliphatic carbocycles. The number of methoxy groups -OCH3 is 1. The van der Waals surface area contributed by atoms with E-state index in [1.165, 1.54) is 24.1 Å². The number of hydrogen-bond acceptors (Lipinski definition) is 3. The van der Waals surface area contributed by atoms with E-state index in [1.807, 2.05) is 6.92 Å². The maximum absolute atomic E-state index is 13.7. The van der Waals surface area contributed by atoms with Crippen LogP contribution < -0.4 is 4.74 Å². The quantitative estimate of drug-likeness (QED) is 0.905. The molecule has 96 valence electrons. The molecule has 0 aliphatic rings. The molecule has 0 fully saturated rings. The van der Waals surface area contributed by atoms with E-state index in [2.05, 4.69) is 5.10 Å². The van der Waals surface area contributed by atoms with Crippen LogP contribution in [0.4, 0.5) is 4.39 Å². The first kappa shape index (κ1) is 12.6. The van der Waals surface area contributed by atoms with Crippen LogP contribution in [0.2, 0.25) is 0 Å². The molecule has 1 aromatic heterocycles. The lowest BCUT2D eigenvalue weighted by atomic mass is 10.0. The van der Waals surface area contributed by atoms with Gasteiger partial charge in [0, 0.05) is 12.6 Å². The molecule has 0 bridgehead atoms. The molecule has 1 N–H and O–H groups in total. The fourth-order valence-electron chi connectivity index (χ4n) is 1.92. The SMILES string of the molecule is COc1cnn(C)c1C(O)c1cc(C)ccc1F. The highest BCUT2D eigenvalue weighted by Crippen LogP contribution is 2.30. The minimum Gasteiger partial charge on any atom is -0.493 e. The van der Waals surface area contributed by atoms with Crippen molar-refractivity contribution in [2.45, 2.75) is 13.0 Å². The largest absolute Gasteiger partial charge is 0.493 e. The smallest absolute Gasteiger partial charge is 0.162 e. The molecule has 2 rings (SSSR count). The lowest BCUT2D eigenvalue weighted by Gasteiger charge is -2.14. The van der Waals surface area contributed by atoms with Gasteiger partial charge < -0.3 is 9.84 Å². The van der Waals surface area contributed by atoms with Gasteiger partial charge in [-0.2, -0.15) is 5.10 Å². The fraction of sp³-hybridized carbons (Fsp3) is 0.308. The maximum Gasteiger partial charge on any atom is 0.162 e. The summed E-state index contributed by atoms with van der Waals surface area (Å²) in [5, 5.41) is 14.3. The monoisotopic (exact) mass is 250 g/mol. The molecule has 1 aromatic carbocycles. The van der Waals surface area contributed by atoms with Crippen molar-refractivity contribution in [2.75, 3.05) is 7.11 Å². The number of nitrogens with zero attached hydrogens (tertiary/aromatic N) is 2. The summed E-state index contributed by atoms with van der Waals surface area (Å²) in [5.41, 5.74) is 1.53. The topological polar surface area (TPSA) is 47.3 Å². The molecule has 5 heteroatoms. The Kier molecular flexibility index (Phi) is 3.34. The summed E-state index contributed by atoms with van der Waals surface area (Å²) < 4.78 is 20.3. The molecular weight excluding hydrogens is 235 g/mol. The van der Waals surface area contributed by atoms with Crippen LogP contribution in [0.15, 0.2) is 24.4 Å². The zero-order valence-corrected chi connectivity index (χ0v) is 10.5. The molecule has 1 heterocycles. The van der Waals surface area contributed by atoms with Gasteiger partial charge in [-0.25, -0.2) is 4.39 Å². The van der Waals surface area contributed by atoms with Crippen LogP contribution in [0.5, 0.6) is 5.75 Å². The summed E-state index contributed by atoms with van der Waals surface area (Å²) in [6, 6.07) is 4.62. The van der Waals surface area contributed by atoms with E-state index in [0.29, 0.717) is 11.4 Å². The van der Waals surface area contributed by atoms with Crippen molar-refractivity contribution in [3.8, 4) is 5.75 Å². The van der Waals surface area contributed by atoms with E-state index >= 15 is 0 Å². The van der Waals surface area contributed by atoms with Crippen molar-refractivity contribution in [2.24, 2.45) is 7.05 Å². The highest BCUT2D eigenvalue weighted by Gasteiger charge is 2.22. The number of aromatic nitrogens is 2. The molecule has 2 aromatic rings. The minimum absolute atomic E-state index is 0.219. The summed E-state index contributed by atoms with van der Waals surface area (Å²) in [6.45, 7) is 1.84. The number of rotatable bonds is 3. The van der Waals surface area contributed by atoms with E-state index in [4.69, 9.17) is 4.74 Å². The molecule has 0 spiro atoms. The molecule has 18 heavy (non-hydrogen) atoms. The van der Waals surface area contributed by atoms with Crippen LogP contribution >= 0.6 is 0 Å². The summed E-state index contributed by atoms with van der Waals surface area (Å²) in [6.07, 6.45) is 0.388. The van der Waals surface area contributed by atoms with Crippen LogP contribution in [0.25, 0.3) is 0 Å². The maximum atomic E-state index is 13.7. The Bertz CT molecular complexity index is 566. The van der Waals surface area contributed by atoms with Gasteiger partial charge in [0.05, 0.1) is 13.3 Å². The standard InChI is InChI=1S/C13H15FN2O2/c1-8-4-5-10(14)9(6-8)13(17)12-11(18-3)7-15-16(12)2/h4-7,13,17H,1-3H3. The number of aliphatic hydroxyl groups is 1. The molecule has 1 unspecified atom stereocenters. The third-order valence-corrected chi connectivity index (χ3v) is 2.87. The van der Waals surface area contributed by atoms with Crippen molar-refractivity contribution < 1.29 is 14.2 Å². The first-order chi connectivity index (χ1) is 8.54. The van der Waals surface area contributed by atoms with Crippen molar-refractivity contribution in [1.82, 2.24) is 9.78 Å². The minimum atomic E-state index is -1.10. The summed E-state index contributed by atoms with van der Waals surface area (Å²) in [7, 11) is 3.16. The number of aliphatic hydroxyl groups excluding tert-OH is 1. The second kappa shape index (κ2) is 4.78. The van der Waals surface area contributed by atoms with Gasteiger partial charge >= 0.3 is 0 Å². The predicted octanol–water partition coefficient (Wildman–Crippen LogP) is 1.96. The third kappa shape index (κ3) is 2.09. The number of aryl methyl sites for hydroxylation is 2. The van der Waals surface area contributed by atoms with Gasteiger partial charge in [-0.3, -0.25) is 4.68 Å². The predicted molar refractivity (Wildman–Crippen MR) is 65.0 cm³/mol. The Morgan fingerprint density at radius 2 is 2.17 bits per heavy atom. The van der Waals surface area contributed by atoms with Gasteiger partial charge in [0.2, 0.25) is 0 Å². The average molecular weight is 250 g/mol. The first-order valence-electron chi connectivity index (χ1n) is 5.54. The Balaban J connectivity index is 2.50. The normalized spacial score (nSPS) is 12.5. The molecule has 0 amide bonds. The van der Waals surface area contributed by atoms with Gasteiger partial charge in [0.1, 0.15) is 17.6 Å². The van der Waals surface area contributed by atoms with E-state index in [9.17, 15) is 9.50 Å². The number of ether oxygens (including phenoxy) is 1. The average Bonchev–Trinajstić information content (AvgIpc) is 2.72. The molecule has 0 aliphatic heterocycles. The van der Waals surface area contributed by atoms with E-state index in [0.717, 1.165) is 5.56 Å². The van der Waals surface area contributed by atoms with Crippen LogP contribution in [0.3, 0.4) is 0 Å². The van der Waals surface area contributed by atoms with Gasteiger partial charge in [-0.15, -0.1) is 0 Å². The van der Waals surface area contributed by atoms with Gasteiger partial charge in [0.25, 0.3) is 0 Å². The Labute approximate surface area is 105 Å². The fourth-order valence-corrected chi connectivity index (χ4v) is 1.92. The van der Waals surface area contributed by atoms with Crippen LogP contribution in [0, 0.1) is 12.7 Å². The highest BCUT2D eigenvalue weighted by molar-refractivity contribution is 5.36. The number of benzene rings is 1. The lowest BCUT2D eigenvalue weighted by molar-refractivity contribution is 0.199. The van der Waals surface area contributed by atoms with Crippen LogP contribution in [-0.4, -0.2) is 22.0 Å². The van der Waals surface area contributed by atoms with Crippen molar-refractivity contribution in [3.63, 3.8) is 0 Å². The van der Waals surface area contributed by atoms with E-state index < -0.39 is 11.9 Å². The number of hydrogen-bond donors (Lipinski definition) is 1. The number of halogens is 1. The Morgan fingerprint density at radius 3 is 2.83 bits per heavy atom. The molecular formula is C13H15FN2O2. The zero-order valence-electron chi connectivity index (χ0n) is 10.5. The summed E-state index contributed by atoms with van der Waals surface area (Å²) in [5.74, 6) is -0.0118. The highest BCUT2D eigenvalue weighted by atomic mass is 19.1. The molecule has 4 nitrogen and oxygen atoms in total. The zero-order chi connectivity index (χ0) is 13.3. The molecule has 0 saturated heterocycles. The van der Waals surface area contributed by atoms with Gasteiger partial charge in [-0.05, 0) is 13.0 Å². The lowest BCUT2D eigenvalue weighted by Crippen LogP contribution is -2.10. The third-order valence-electron chi connectivity index (χ3n) is 2.87. The first-order valence-corrected chi connectivity index (χ1v) is 5.54. The van der Waals surface area contributed by atoms with Crippen molar-refractivity contribution in [3.05, 3.63) is 47.0 Å². The Hall–Kier alpha value is -1.88. The summed E-state index contributed by atoms with van der Waals surface area (Å²) in [4.78, 5) is 0. The van der Waals surface area contributed by atoms with Crippen molar-refractivity contribution >= 4 is 0 Å². The van der Waals surface area contributed by atoms with E-state index in [-0.39, 0.29) is 5.56 Å². The summed E-state index contributed by atoms with van der Waals surface area (Å²) >= 11 is 0.